The first kappa shape index (κ1) is 15.0. The zero-order chi connectivity index (χ0) is 14.4. The lowest BCUT2D eigenvalue weighted by Crippen LogP contribution is -2.23. The number of nitrogens with zero attached hydrogens (tertiary/aromatic N) is 2. The summed E-state index contributed by atoms with van der Waals surface area (Å²) in [6.45, 7) is 10.2. The Morgan fingerprint density at radius 2 is 2.10 bits per heavy atom. The Labute approximate surface area is 125 Å². The molecule has 1 N–H and O–H groups in total. The molecular weight excluding hydrogens is 266 g/mol. The Morgan fingerprint density at radius 1 is 1.25 bits per heavy atom. The normalized spacial score (nSPS) is 10.8. The van der Waals surface area contributed by atoms with Crippen LogP contribution in [0.3, 0.4) is 0 Å². The molecule has 0 unspecified atom stereocenters. The summed E-state index contributed by atoms with van der Waals surface area (Å²) in [5, 5.41) is 5.48. The zero-order valence-electron chi connectivity index (χ0n) is 12.5. The Morgan fingerprint density at radius 3 is 2.70 bits per heavy atom. The maximum atomic E-state index is 4.77. The van der Waals surface area contributed by atoms with Crippen LogP contribution in [0.4, 0.5) is 5.82 Å². The van der Waals surface area contributed by atoms with Crippen LogP contribution in [0.1, 0.15) is 30.0 Å². The second-order valence-corrected chi connectivity index (χ2v) is 5.82. The number of aryl methyl sites for hydroxylation is 1. The molecule has 0 saturated heterocycles. The minimum absolute atomic E-state index is 0.895. The van der Waals surface area contributed by atoms with Crippen molar-refractivity contribution >= 4 is 17.2 Å². The number of anilines is 1. The maximum Gasteiger partial charge on any atom is 0.129 e. The highest BCUT2D eigenvalue weighted by atomic mass is 32.1. The Bertz CT molecular complexity index is 523. The van der Waals surface area contributed by atoms with E-state index in [-0.39, 0.29) is 0 Å². The second-order valence-electron chi connectivity index (χ2n) is 4.79. The number of pyridine rings is 1. The number of hydrogen-bond acceptors (Lipinski definition) is 4. The topological polar surface area (TPSA) is 28.2 Å². The molecule has 2 rings (SSSR count). The highest BCUT2D eigenvalue weighted by Crippen LogP contribution is 2.19. The van der Waals surface area contributed by atoms with Gasteiger partial charge < -0.3 is 10.2 Å². The molecule has 0 saturated carbocycles. The molecule has 0 aromatic carbocycles. The van der Waals surface area contributed by atoms with E-state index < -0.39 is 0 Å². The van der Waals surface area contributed by atoms with Gasteiger partial charge in [0.1, 0.15) is 5.82 Å². The molecule has 0 aliphatic carbocycles. The zero-order valence-corrected chi connectivity index (χ0v) is 13.3. The average Bonchev–Trinajstić information content (AvgIpc) is 2.96. The smallest absolute Gasteiger partial charge is 0.129 e. The van der Waals surface area contributed by atoms with Crippen LogP contribution in [-0.4, -0.2) is 18.1 Å². The largest absolute Gasteiger partial charge is 0.352 e. The predicted octanol–water partition coefficient (Wildman–Crippen LogP) is 3.59. The van der Waals surface area contributed by atoms with Crippen molar-refractivity contribution in [3.8, 4) is 0 Å². The quantitative estimate of drug-likeness (QED) is 0.844. The van der Waals surface area contributed by atoms with Gasteiger partial charge in [-0.05, 0) is 43.5 Å². The molecule has 2 heterocycles. The summed E-state index contributed by atoms with van der Waals surface area (Å²) in [5.74, 6) is 1.07. The third-order valence-electron chi connectivity index (χ3n) is 3.38. The first-order valence-corrected chi connectivity index (χ1v) is 8.07. The van der Waals surface area contributed by atoms with Gasteiger partial charge in [-0.2, -0.15) is 0 Å². The van der Waals surface area contributed by atoms with Crippen molar-refractivity contribution in [1.29, 1.82) is 0 Å². The monoisotopic (exact) mass is 289 g/mol. The second kappa shape index (κ2) is 7.41. The van der Waals surface area contributed by atoms with Crippen molar-refractivity contribution in [2.24, 2.45) is 0 Å². The van der Waals surface area contributed by atoms with E-state index in [1.165, 1.54) is 10.4 Å². The van der Waals surface area contributed by atoms with Crippen molar-refractivity contribution in [2.75, 3.05) is 18.0 Å². The van der Waals surface area contributed by atoms with E-state index in [4.69, 9.17) is 4.98 Å². The highest BCUT2D eigenvalue weighted by molar-refractivity contribution is 7.09. The van der Waals surface area contributed by atoms with Crippen LogP contribution in [0.25, 0.3) is 0 Å². The molecule has 108 valence electrons. The van der Waals surface area contributed by atoms with Gasteiger partial charge in [0.25, 0.3) is 0 Å². The summed E-state index contributed by atoms with van der Waals surface area (Å²) >= 11 is 1.80. The van der Waals surface area contributed by atoms with E-state index in [2.05, 4.69) is 60.6 Å². The molecule has 0 radical (unpaired) electrons. The van der Waals surface area contributed by atoms with Gasteiger partial charge in [-0.15, -0.1) is 11.3 Å². The molecule has 0 aliphatic heterocycles. The fraction of sp³-hybridized carbons (Fsp3) is 0.438. The lowest BCUT2D eigenvalue weighted by molar-refractivity contribution is 0.718. The van der Waals surface area contributed by atoms with Crippen molar-refractivity contribution in [1.82, 2.24) is 10.3 Å². The van der Waals surface area contributed by atoms with Gasteiger partial charge in [0, 0.05) is 23.7 Å². The van der Waals surface area contributed by atoms with Gasteiger partial charge in [-0.3, -0.25) is 0 Å². The van der Waals surface area contributed by atoms with Gasteiger partial charge >= 0.3 is 0 Å². The van der Waals surface area contributed by atoms with E-state index in [0.29, 0.717) is 0 Å². The third kappa shape index (κ3) is 3.81. The van der Waals surface area contributed by atoms with Crippen molar-refractivity contribution < 1.29 is 0 Å². The first-order valence-electron chi connectivity index (χ1n) is 7.19. The summed E-state index contributed by atoms with van der Waals surface area (Å²) in [7, 11) is 0. The van der Waals surface area contributed by atoms with Crippen LogP contribution in [0.15, 0.2) is 29.6 Å². The van der Waals surface area contributed by atoms with E-state index in [1.54, 1.807) is 11.3 Å². The number of aromatic nitrogens is 1. The Kier molecular flexibility index (Phi) is 5.56. The van der Waals surface area contributed by atoms with E-state index >= 15 is 0 Å². The number of hydrogen-bond donors (Lipinski definition) is 1. The van der Waals surface area contributed by atoms with Gasteiger partial charge in [0.2, 0.25) is 0 Å². The van der Waals surface area contributed by atoms with Crippen LogP contribution in [-0.2, 0) is 13.1 Å². The minimum atomic E-state index is 0.895. The molecule has 0 aliphatic rings. The average molecular weight is 289 g/mol. The summed E-state index contributed by atoms with van der Waals surface area (Å²) in [4.78, 5) is 8.46. The van der Waals surface area contributed by atoms with Crippen LogP contribution in [0, 0.1) is 6.92 Å². The third-order valence-corrected chi connectivity index (χ3v) is 4.24. The maximum absolute atomic E-state index is 4.77. The summed E-state index contributed by atoms with van der Waals surface area (Å²) < 4.78 is 0. The molecule has 2 aromatic rings. The first-order chi connectivity index (χ1) is 9.74. The van der Waals surface area contributed by atoms with E-state index in [0.717, 1.165) is 37.7 Å². The molecule has 4 heteroatoms. The highest BCUT2D eigenvalue weighted by Gasteiger charge is 2.09. The molecular formula is C16H23N3S. The molecule has 2 aromatic heterocycles. The molecule has 20 heavy (non-hydrogen) atoms. The molecule has 3 nitrogen and oxygen atoms in total. The van der Waals surface area contributed by atoms with Crippen molar-refractivity contribution in [2.45, 2.75) is 33.9 Å². The van der Waals surface area contributed by atoms with Crippen molar-refractivity contribution in [3.63, 3.8) is 0 Å². The van der Waals surface area contributed by atoms with Crippen molar-refractivity contribution in [3.05, 3.63) is 45.8 Å². The van der Waals surface area contributed by atoms with Gasteiger partial charge in [-0.1, -0.05) is 19.1 Å². The SMILES string of the molecule is CCNCc1ccc(N(CC)Cc2cccs2)nc1C. The van der Waals surface area contributed by atoms with Crippen LogP contribution >= 0.6 is 11.3 Å². The summed E-state index contributed by atoms with van der Waals surface area (Å²) in [6, 6.07) is 8.61. The fourth-order valence-electron chi connectivity index (χ4n) is 2.14. The van der Waals surface area contributed by atoms with Gasteiger partial charge in [0.05, 0.1) is 6.54 Å². The Balaban J connectivity index is 2.11. The number of thiophene rings is 1. The fourth-order valence-corrected chi connectivity index (χ4v) is 2.86. The number of nitrogens with one attached hydrogen (secondary N) is 1. The van der Waals surface area contributed by atoms with Crippen LogP contribution < -0.4 is 10.2 Å². The molecule has 0 amide bonds. The minimum Gasteiger partial charge on any atom is -0.352 e. The van der Waals surface area contributed by atoms with Gasteiger partial charge in [0.15, 0.2) is 0 Å². The van der Waals surface area contributed by atoms with E-state index in [1.807, 2.05) is 0 Å². The standard InChI is InChI=1S/C16H23N3S/c1-4-17-11-14-8-9-16(18-13(14)3)19(5-2)12-15-7-6-10-20-15/h6-10,17H,4-5,11-12H2,1-3H3. The molecule has 0 fully saturated rings. The summed E-state index contributed by atoms with van der Waals surface area (Å²) in [5.41, 5.74) is 2.40. The Hall–Kier alpha value is -1.39. The predicted molar refractivity (Wildman–Crippen MR) is 87.4 cm³/mol. The molecule has 0 bridgehead atoms. The van der Waals surface area contributed by atoms with Crippen LogP contribution in [0.2, 0.25) is 0 Å². The summed E-state index contributed by atoms with van der Waals surface area (Å²) in [6.07, 6.45) is 0. The van der Waals surface area contributed by atoms with Gasteiger partial charge in [-0.25, -0.2) is 4.98 Å². The van der Waals surface area contributed by atoms with E-state index in [9.17, 15) is 0 Å². The van der Waals surface area contributed by atoms with Crippen LogP contribution in [0.5, 0.6) is 0 Å². The lowest BCUT2D eigenvalue weighted by Gasteiger charge is -2.22. The molecule has 0 spiro atoms. The number of rotatable bonds is 7. The molecule has 0 atom stereocenters. The lowest BCUT2D eigenvalue weighted by atomic mass is 10.2.